The van der Waals surface area contributed by atoms with E-state index in [2.05, 4.69) is 285 Å². The van der Waals surface area contributed by atoms with E-state index in [1.165, 1.54) is 0 Å². The maximum atomic E-state index is 5.76. The van der Waals surface area contributed by atoms with Crippen molar-refractivity contribution in [3.8, 4) is 96.8 Å². The molecule has 21 rings (SSSR count). The van der Waals surface area contributed by atoms with E-state index in [4.69, 9.17) is 39.9 Å². The number of para-hydroxylation sites is 5. The summed E-state index contributed by atoms with van der Waals surface area (Å²) in [6, 6.07) is 113. The van der Waals surface area contributed by atoms with Gasteiger partial charge in [-0.25, -0.2) is 29.9 Å². The smallest absolute Gasteiger partial charge is 0.238 e. The van der Waals surface area contributed by atoms with Crippen LogP contribution in [-0.2, 0) is 0 Å². The molecule has 0 bridgehead atoms. The van der Waals surface area contributed by atoms with E-state index in [9.17, 15) is 0 Å². The summed E-state index contributed by atoms with van der Waals surface area (Å²) in [6.45, 7) is 0. The first-order chi connectivity index (χ1) is 51.1. The maximum absolute atomic E-state index is 5.76. The van der Waals surface area contributed by atoms with E-state index in [1.807, 2.05) is 71.6 Å². The fraction of sp³-hybridized carbons (Fsp3) is 0. The minimum absolute atomic E-state index is 0.438. The molecule has 0 saturated carbocycles. The number of fused-ring (bicyclic) bond motifs is 14. The van der Waals surface area contributed by atoms with E-state index < -0.39 is 0 Å². The van der Waals surface area contributed by atoms with Crippen LogP contribution in [0.5, 0.6) is 0 Å². The van der Waals surface area contributed by atoms with Gasteiger partial charge in [0.25, 0.3) is 0 Å². The molecular weight excluding hydrogens is 1260 g/mol. The largest absolute Gasteiger partial charge is 0.309 e. The van der Waals surface area contributed by atoms with Crippen LogP contribution in [0.15, 0.2) is 334 Å². The highest BCUT2D eigenvalue weighted by molar-refractivity contribution is 6.24. The summed E-state index contributed by atoms with van der Waals surface area (Å²) in [5, 5.41) is 8.40. The SMILES string of the molecule is c1ccc(-c2ccc3c(c2)c2cc(-c4nc(-c5ccc6c(c5)c5cc(-c7ccccc7)ccc5n6-c5ccccc5)nc(-n5c6ccccc6c6ccc7c8ccccc8n(-c8nccc(-c9nc%10nc(-c%11ccccc%11)cnc%10n9-c9ccccc9)n8)c7c65)n4)ccc2n3-c2ccccc2)cc1. The fourth-order valence-electron chi connectivity index (χ4n) is 15.5. The summed E-state index contributed by atoms with van der Waals surface area (Å²) in [5.74, 6) is 2.47. The Kier molecular flexibility index (Phi) is 13.0. The molecule has 0 atom stereocenters. The molecule has 480 valence electrons. The number of benzene rings is 13. The average Bonchev–Trinajstić information content (AvgIpc) is 1.55. The normalized spacial score (nSPS) is 11.9. The van der Waals surface area contributed by atoms with E-state index in [0.717, 1.165) is 149 Å². The van der Waals surface area contributed by atoms with Gasteiger partial charge in [0.05, 0.1) is 56.0 Å². The molecule has 0 unspecified atom stereocenters. The van der Waals surface area contributed by atoms with Gasteiger partial charge in [-0.1, -0.05) is 206 Å². The molecule has 0 saturated heterocycles. The zero-order valence-electron chi connectivity index (χ0n) is 55.1. The lowest BCUT2D eigenvalue weighted by molar-refractivity contribution is 0.948. The number of aromatic nitrogens is 13. The highest BCUT2D eigenvalue weighted by atomic mass is 15.2. The molecule has 0 spiro atoms. The first kappa shape index (κ1) is 57.7. The molecule has 8 aromatic heterocycles. The van der Waals surface area contributed by atoms with Crippen molar-refractivity contribution in [3.63, 3.8) is 0 Å². The molecule has 0 aliphatic rings. The van der Waals surface area contributed by atoms with Crippen LogP contribution >= 0.6 is 0 Å². The molecular formula is C90H55N13. The monoisotopic (exact) mass is 1320 g/mol. The van der Waals surface area contributed by atoms with Crippen LogP contribution in [0.25, 0.3) is 195 Å². The van der Waals surface area contributed by atoms with Crippen molar-refractivity contribution in [2.45, 2.75) is 0 Å². The molecule has 0 radical (unpaired) electrons. The number of rotatable bonds is 11. The molecule has 0 N–H and O–H groups in total. The quantitative estimate of drug-likeness (QED) is 0.125. The first-order valence-electron chi connectivity index (χ1n) is 34.4. The van der Waals surface area contributed by atoms with Crippen LogP contribution in [0.1, 0.15) is 0 Å². The highest BCUT2D eigenvalue weighted by Gasteiger charge is 2.27. The third kappa shape index (κ3) is 9.26. The molecule has 13 nitrogen and oxygen atoms in total. The topological polar surface area (TPSA) is 128 Å². The molecule has 103 heavy (non-hydrogen) atoms. The third-order valence-corrected chi connectivity index (χ3v) is 20.1. The minimum atomic E-state index is 0.438. The third-order valence-electron chi connectivity index (χ3n) is 20.1. The maximum Gasteiger partial charge on any atom is 0.238 e. The van der Waals surface area contributed by atoms with Gasteiger partial charge in [-0.2, -0.15) is 9.97 Å². The molecule has 13 aromatic carbocycles. The first-order valence-corrected chi connectivity index (χ1v) is 34.4. The Morgan fingerprint density at radius 2 is 0.621 bits per heavy atom. The summed E-state index contributed by atoms with van der Waals surface area (Å²) in [6.07, 6.45) is 3.63. The summed E-state index contributed by atoms with van der Waals surface area (Å²) >= 11 is 0. The van der Waals surface area contributed by atoms with Gasteiger partial charge in [-0.05, 0) is 138 Å². The van der Waals surface area contributed by atoms with Gasteiger partial charge in [-0.15, -0.1) is 0 Å². The van der Waals surface area contributed by atoms with Gasteiger partial charge in [0.1, 0.15) is 5.69 Å². The minimum Gasteiger partial charge on any atom is -0.309 e. The van der Waals surface area contributed by atoms with Gasteiger partial charge < -0.3 is 9.13 Å². The Morgan fingerprint density at radius 1 is 0.223 bits per heavy atom. The second kappa shape index (κ2) is 23.2. The van der Waals surface area contributed by atoms with Crippen LogP contribution in [0.2, 0.25) is 0 Å². The average molecular weight is 1320 g/mol. The summed E-state index contributed by atoms with van der Waals surface area (Å²) < 4.78 is 11.2. The van der Waals surface area contributed by atoms with Crippen molar-refractivity contribution in [1.82, 2.24) is 62.7 Å². The lowest BCUT2D eigenvalue weighted by Gasteiger charge is -2.13. The van der Waals surface area contributed by atoms with Gasteiger partial charge in [0.2, 0.25) is 11.9 Å². The highest BCUT2D eigenvalue weighted by Crippen LogP contribution is 2.44. The standard InChI is InChI=1S/C90H55N13/c1-7-23-56(24-8-1)59-39-45-78-70(51-59)72-53-61(41-47-80(72)99(78)63-29-13-4-14-30-63)84-95-85(62-42-48-81-73(54-62)71-52-60(57-25-9-2-10-26-57)40-46-79(71)100(81)64-31-15-5-16-32-64)98-90(97-84)103-77-38-22-20-36-67(77)69-44-43-68-66-35-19-21-37-76(66)102(82(68)83(69)103)89-91-50-49-74(94-89)87-96-86-88(101(87)65-33-17-6-18-34-65)92-55-75(93-86)58-27-11-3-12-28-58/h1-55H. The molecule has 0 aliphatic heterocycles. The van der Waals surface area contributed by atoms with Crippen molar-refractivity contribution in [3.05, 3.63) is 334 Å². The predicted molar refractivity (Wildman–Crippen MR) is 416 cm³/mol. The summed E-state index contributed by atoms with van der Waals surface area (Å²) in [7, 11) is 0. The van der Waals surface area contributed by atoms with Crippen molar-refractivity contribution in [1.29, 1.82) is 0 Å². The number of nitrogens with zero attached hydrogens (tertiary/aromatic N) is 13. The Morgan fingerprint density at radius 3 is 1.11 bits per heavy atom. The van der Waals surface area contributed by atoms with Crippen molar-refractivity contribution in [2.24, 2.45) is 0 Å². The van der Waals surface area contributed by atoms with Gasteiger partial charge >= 0.3 is 0 Å². The Balaban J connectivity index is 0.826. The molecule has 13 heteroatoms. The van der Waals surface area contributed by atoms with Crippen molar-refractivity contribution < 1.29 is 0 Å². The lowest BCUT2D eigenvalue weighted by atomic mass is 10.0. The fourth-order valence-corrected chi connectivity index (χ4v) is 15.5. The Bertz CT molecular complexity index is 6740. The second-order valence-corrected chi connectivity index (χ2v) is 26.0. The van der Waals surface area contributed by atoms with E-state index in [-0.39, 0.29) is 0 Å². The molecule has 0 amide bonds. The second-order valence-electron chi connectivity index (χ2n) is 26.0. The van der Waals surface area contributed by atoms with Crippen LogP contribution in [0, 0.1) is 0 Å². The van der Waals surface area contributed by atoms with Crippen LogP contribution < -0.4 is 0 Å². The molecule has 0 aliphatic carbocycles. The predicted octanol–water partition coefficient (Wildman–Crippen LogP) is 21.2. The van der Waals surface area contributed by atoms with E-state index in [0.29, 0.717) is 46.4 Å². The summed E-state index contributed by atoms with van der Waals surface area (Å²) in [5.41, 5.74) is 20.4. The lowest BCUT2D eigenvalue weighted by Crippen LogP contribution is -2.08. The Hall–Kier alpha value is -14.3. The van der Waals surface area contributed by atoms with E-state index >= 15 is 0 Å². The summed E-state index contributed by atoms with van der Waals surface area (Å²) in [4.78, 5) is 43.4. The molecule has 8 heterocycles. The van der Waals surface area contributed by atoms with Gasteiger partial charge in [-0.3, -0.25) is 13.7 Å². The zero-order chi connectivity index (χ0) is 67.6. The van der Waals surface area contributed by atoms with Crippen LogP contribution in [0.4, 0.5) is 0 Å². The van der Waals surface area contributed by atoms with Crippen molar-refractivity contribution >= 4 is 98.5 Å². The van der Waals surface area contributed by atoms with Gasteiger partial charge in [0, 0.05) is 83.0 Å². The molecule has 0 fully saturated rings. The van der Waals surface area contributed by atoms with Gasteiger partial charge in [0.15, 0.2) is 28.8 Å². The Labute approximate surface area is 588 Å². The van der Waals surface area contributed by atoms with Crippen LogP contribution in [0.3, 0.4) is 0 Å². The van der Waals surface area contributed by atoms with Crippen LogP contribution in [-0.4, -0.2) is 62.7 Å². The zero-order valence-corrected chi connectivity index (χ0v) is 55.1. The number of hydrogen-bond donors (Lipinski definition) is 0. The van der Waals surface area contributed by atoms with E-state index in [1.54, 1.807) is 0 Å². The molecule has 21 aromatic rings. The number of imidazole rings is 1. The van der Waals surface area contributed by atoms with Crippen molar-refractivity contribution in [2.75, 3.05) is 0 Å². The number of hydrogen-bond acceptors (Lipinski definition) is 8.